The molecule has 2 aliphatic rings. The lowest BCUT2D eigenvalue weighted by molar-refractivity contribution is 0.275. The Kier molecular flexibility index (Phi) is 12.8. The van der Waals surface area contributed by atoms with Gasteiger partial charge in [-0.1, -0.05) is 119 Å². The van der Waals surface area contributed by atoms with Gasteiger partial charge in [-0.25, -0.2) is 0 Å². The van der Waals surface area contributed by atoms with Crippen LogP contribution in [0.4, 0.5) is 0 Å². The molecule has 0 aromatic heterocycles. The average molecular weight is 899 g/mol. The number of unbranched alkanes of at least 4 members (excludes halogenated alkanes) is 2. The van der Waals surface area contributed by atoms with E-state index in [2.05, 4.69) is 82.1 Å². The third kappa shape index (κ3) is 8.12. The van der Waals surface area contributed by atoms with Gasteiger partial charge in [0.15, 0.2) is 0 Å². The number of fused-ring (bicyclic) bond motifs is 4. The Morgan fingerprint density at radius 3 is 1.22 bits per heavy atom. The summed E-state index contributed by atoms with van der Waals surface area (Å²) in [6.45, 7) is 8.37. The maximum absolute atomic E-state index is 13.3. The fourth-order valence-corrected chi connectivity index (χ4v) is 11.3. The van der Waals surface area contributed by atoms with E-state index in [1.807, 2.05) is 13.8 Å². The summed E-state index contributed by atoms with van der Waals surface area (Å²) in [4.78, 5) is 0.281. The van der Waals surface area contributed by atoms with Crippen LogP contribution in [0.5, 0.6) is 0 Å². The zero-order valence-electron chi connectivity index (χ0n) is 31.6. The van der Waals surface area contributed by atoms with Gasteiger partial charge in [0.2, 0.25) is 0 Å². The highest BCUT2D eigenvalue weighted by molar-refractivity contribution is 9.10. The molecule has 0 heterocycles. The quantitative estimate of drug-likeness (QED) is 0.0730. The minimum Gasteiger partial charge on any atom is -0.266 e. The molecule has 6 rings (SSSR count). The van der Waals surface area contributed by atoms with Crippen molar-refractivity contribution in [2.45, 2.75) is 113 Å². The Morgan fingerprint density at radius 2 is 0.870 bits per heavy atom. The van der Waals surface area contributed by atoms with Crippen molar-refractivity contribution < 1.29 is 25.2 Å². The van der Waals surface area contributed by atoms with Crippen molar-refractivity contribution in [3.05, 3.63) is 127 Å². The molecule has 6 nitrogen and oxygen atoms in total. The molecular weight excluding hydrogens is 848 g/mol. The molecule has 0 saturated heterocycles. The predicted octanol–water partition coefficient (Wildman–Crippen LogP) is 12.0. The second-order valence-corrected chi connectivity index (χ2v) is 19.9. The summed E-state index contributed by atoms with van der Waals surface area (Å²) in [5.41, 5.74) is 8.86. The summed E-state index contributed by atoms with van der Waals surface area (Å²) in [5, 5.41) is 0. The van der Waals surface area contributed by atoms with Crippen molar-refractivity contribution >= 4 is 63.2 Å². The highest BCUT2D eigenvalue weighted by atomic mass is 79.9. The minimum absolute atomic E-state index is 0.0201. The first-order chi connectivity index (χ1) is 25.8. The van der Waals surface area contributed by atoms with E-state index in [0.717, 1.165) is 58.6 Å². The molecule has 4 aromatic rings. The summed E-state index contributed by atoms with van der Waals surface area (Å²) >= 11 is 7.61. The van der Waals surface area contributed by atoms with Gasteiger partial charge < -0.3 is 0 Å². The number of hydrogen-bond donors (Lipinski definition) is 0. The van der Waals surface area contributed by atoms with Gasteiger partial charge in [-0.2, -0.15) is 16.8 Å². The normalized spacial score (nSPS) is 15.7. The monoisotopic (exact) mass is 896 g/mol. The predicted molar refractivity (Wildman–Crippen MR) is 225 cm³/mol. The number of hydrogen-bond acceptors (Lipinski definition) is 6. The molecule has 0 saturated carbocycles. The van der Waals surface area contributed by atoms with Crippen molar-refractivity contribution in [1.29, 1.82) is 0 Å². The van der Waals surface area contributed by atoms with Gasteiger partial charge in [0.05, 0.1) is 23.0 Å². The van der Waals surface area contributed by atoms with Crippen molar-refractivity contribution in [3.63, 3.8) is 0 Å². The van der Waals surface area contributed by atoms with Crippen molar-refractivity contribution in [2.24, 2.45) is 0 Å². The van der Waals surface area contributed by atoms with Crippen molar-refractivity contribution in [2.75, 3.05) is 13.2 Å². The first-order valence-corrected chi connectivity index (χ1v) is 23.5. The Balaban J connectivity index is 1.42. The topological polar surface area (TPSA) is 86.7 Å². The van der Waals surface area contributed by atoms with E-state index in [1.165, 1.54) is 33.4 Å². The number of benzene rings is 4. The Hall–Kier alpha value is -2.60. The van der Waals surface area contributed by atoms with E-state index in [0.29, 0.717) is 25.7 Å². The molecule has 0 amide bonds. The first kappa shape index (κ1) is 41.0. The third-order valence-electron chi connectivity index (χ3n) is 11.2. The number of allylic oxidation sites excluding steroid dienone is 2. The van der Waals surface area contributed by atoms with Crippen LogP contribution >= 0.6 is 31.9 Å². The van der Waals surface area contributed by atoms with E-state index < -0.39 is 25.7 Å². The van der Waals surface area contributed by atoms with E-state index in [-0.39, 0.29) is 28.4 Å². The summed E-state index contributed by atoms with van der Waals surface area (Å²) in [6, 6.07) is 26.7. The Morgan fingerprint density at radius 1 is 0.519 bits per heavy atom. The van der Waals surface area contributed by atoms with Gasteiger partial charge in [0.25, 0.3) is 20.2 Å². The van der Waals surface area contributed by atoms with Crippen LogP contribution in [-0.2, 0) is 39.4 Å². The zero-order chi connectivity index (χ0) is 38.7. The van der Waals surface area contributed by atoms with Gasteiger partial charge in [-0.15, -0.1) is 0 Å². The molecule has 2 aliphatic carbocycles. The summed E-state index contributed by atoms with van der Waals surface area (Å²) in [5.74, 6) is 0. The molecule has 0 spiro atoms. The number of rotatable bonds is 18. The maximum atomic E-state index is 13.3. The molecular formula is C44H50Br2O6S2. The largest absolute Gasteiger partial charge is 0.296 e. The Labute approximate surface area is 339 Å². The maximum Gasteiger partial charge on any atom is 0.296 e. The van der Waals surface area contributed by atoms with Crippen LogP contribution in [0.2, 0.25) is 0 Å². The van der Waals surface area contributed by atoms with E-state index >= 15 is 0 Å². The van der Waals surface area contributed by atoms with E-state index in [4.69, 9.17) is 8.37 Å². The first-order valence-electron chi connectivity index (χ1n) is 19.1. The second kappa shape index (κ2) is 16.9. The van der Waals surface area contributed by atoms with Crippen LogP contribution in [0.1, 0.15) is 111 Å². The van der Waals surface area contributed by atoms with E-state index in [1.54, 1.807) is 48.5 Å². The molecule has 10 heteroatoms. The van der Waals surface area contributed by atoms with E-state index in [9.17, 15) is 16.8 Å². The van der Waals surface area contributed by atoms with Crippen LogP contribution in [0, 0.1) is 13.8 Å². The second-order valence-electron chi connectivity index (χ2n) is 14.9. The van der Waals surface area contributed by atoms with Crippen LogP contribution in [0.25, 0.3) is 11.1 Å². The molecule has 54 heavy (non-hydrogen) atoms. The van der Waals surface area contributed by atoms with Crippen molar-refractivity contribution in [3.8, 4) is 0 Å². The fourth-order valence-electron chi connectivity index (χ4n) is 8.67. The molecule has 288 valence electrons. The van der Waals surface area contributed by atoms with Gasteiger partial charge in [-0.05, 0) is 134 Å². The standard InChI is InChI=1S/C44H50Br2O6S2/c1-5-7-23-43(24-8-6-2)39-29-33(45)15-21-37(39)42-41(43)38-22-16-34(46)30-40(38)44(42,25-9-27-51-53(47,48)35-17-11-31(3)12-18-35)26-10-28-52-54(49,50)36-19-13-32(4)14-20-36/h11-22,29-30H,5-10,23-28H2,1-4H3. The molecule has 0 unspecified atom stereocenters. The third-order valence-corrected chi connectivity index (χ3v) is 14.9. The SMILES string of the molecule is CCCCC1(CCCC)C2=C(c3ccc(Br)cc31)C(CCCOS(=O)(=O)c1ccc(C)cc1)(CCCOS(=O)(=O)c1ccc(C)cc1)c1cc(Br)ccc12. The van der Waals surface area contributed by atoms with Crippen LogP contribution < -0.4 is 0 Å². The fraction of sp³-hybridized carbons (Fsp3) is 0.409. The Bertz CT molecular complexity index is 2140. The zero-order valence-corrected chi connectivity index (χ0v) is 36.4. The molecule has 0 atom stereocenters. The van der Waals surface area contributed by atoms with Gasteiger partial charge in [0.1, 0.15) is 0 Å². The molecule has 4 aromatic carbocycles. The van der Waals surface area contributed by atoms with Crippen LogP contribution in [-0.4, -0.2) is 30.0 Å². The molecule has 0 N–H and O–H groups in total. The van der Waals surface area contributed by atoms with Gasteiger partial charge in [0, 0.05) is 19.8 Å². The van der Waals surface area contributed by atoms with Gasteiger partial charge in [-0.3, -0.25) is 8.37 Å². The van der Waals surface area contributed by atoms with Crippen molar-refractivity contribution in [1.82, 2.24) is 0 Å². The summed E-state index contributed by atoms with van der Waals surface area (Å²) in [6.07, 6.45) is 8.53. The number of aryl methyl sites for hydroxylation is 2. The molecule has 0 aliphatic heterocycles. The number of halogens is 2. The highest BCUT2D eigenvalue weighted by Crippen LogP contribution is 2.68. The summed E-state index contributed by atoms with van der Waals surface area (Å²) < 4.78 is 66.4. The highest BCUT2D eigenvalue weighted by Gasteiger charge is 2.55. The molecule has 0 bridgehead atoms. The lowest BCUT2D eigenvalue weighted by Crippen LogP contribution is -2.28. The van der Waals surface area contributed by atoms with Gasteiger partial charge >= 0.3 is 0 Å². The molecule has 0 radical (unpaired) electrons. The van der Waals surface area contributed by atoms with Crippen LogP contribution in [0.3, 0.4) is 0 Å². The minimum atomic E-state index is -3.95. The average Bonchev–Trinajstić information content (AvgIpc) is 3.58. The lowest BCUT2D eigenvalue weighted by atomic mass is 9.67. The van der Waals surface area contributed by atoms with Crippen LogP contribution in [0.15, 0.2) is 104 Å². The smallest absolute Gasteiger partial charge is 0.266 e. The molecule has 0 fully saturated rings. The summed E-state index contributed by atoms with van der Waals surface area (Å²) in [7, 11) is -7.90. The lowest BCUT2D eigenvalue weighted by Gasteiger charge is -2.37.